The van der Waals surface area contributed by atoms with Gasteiger partial charge in [-0.25, -0.2) is 0 Å². The van der Waals surface area contributed by atoms with Gasteiger partial charge in [0.15, 0.2) is 0 Å². The molecule has 23 heavy (non-hydrogen) atoms. The Hall–Kier alpha value is 1.23. The first-order valence-corrected chi connectivity index (χ1v) is 12.3. The topological polar surface area (TPSA) is 0 Å². The molecule has 5 heteroatoms. The highest BCUT2D eigenvalue weighted by atomic mass is 32.3. The maximum absolute atomic E-state index is 5.22. The predicted octanol–water partition coefficient (Wildman–Crippen LogP) is 8.43. The Labute approximate surface area is 169 Å². The van der Waals surface area contributed by atoms with Crippen molar-refractivity contribution in [3.8, 4) is 0 Å². The minimum atomic E-state index is 0.628. The number of thioether (sulfide) groups is 2. The zero-order valence-electron chi connectivity index (χ0n) is 14.7. The lowest BCUT2D eigenvalue weighted by Gasteiger charge is -2.04. The molecule has 0 amide bonds. The van der Waals surface area contributed by atoms with Gasteiger partial charge >= 0.3 is 0 Å². The second-order valence-corrected chi connectivity index (χ2v) is 11.1. The molecular formula is C18H34S5. The third-order valence-corrected chi connectivity index (χ3v) is 6.69. The molecule has 0 unspecified atom stereocenters. The van der Waals surface area contributed by atoms with Gasteiger partial charge in [-0.2, -0.15) is 0 Å². The molecule has 0 N–H and O–H groups in total. The van der Waals surface area contributed by atoms with Gasteiger partial charge in [0.2, 0.25) is 0 Å². The molecule has 0 saturated carbocycles. The minimum Gasteiger partial charge on any atom is -0.125 e. The van der Waals surface area contributed by atoms with E-state index in [4.69, 9.17) is 24.4 Å². The molecule has 0 rings (SSSR count). The van der Waals surface area contributed by atoms with Crippen molar-refractivity contribution in [2.75, 3.05) is 5.75 Å². The van der Waals surface area contributed by atoms with Gasteiger partial charge in [0.25, 0.3) is 0 Å². The smallest absolute Gasteiger partial charge is 0.110 e. The summed E-state index contributed by atoms with van der Waals surface area (Å²) in [5, 5.41) is 0. The van der Waals surface area contributed by atoms with Crippen molar-refractivity contribution in [1.82, 2.24) is 0 Å². The SMILES string of the molecule is CCCCCCCCCCCCCCCCSC(=S)SC(=S)S. The zero-order valence-corrected chi connectivity index (χ0v) is 18.8. The lowest BCUT2D eigenvalue weighted by atomic mass is 10.0. The number of thiocarbonyl (C=S) groups is 2. The van der Waals surface area contributed by atoms with Crippen LogP contribution >= 0.6 is 60.6 Å². The number of hydrogen-bond acceptors (Lipinski definition) is 4. The summed E-state index contributed by atoms with van der Waals surface area (Å²) in [7, 11) is 0. The van der Waals surface area contributed by atoms with E-state index in [1.807, 2.05) is 0 Å². The molecule has 0 aliphatic heterocycles. The normalized spacial score (nSPS) is 10.9. The molecule has 0 heterocycles. The van der Waals surface area contributed by atoms with Crippen LogP contribution in [0, 0.1) is 0 Å². The lowest BCUT2D eigenvalue weighted by Crippen LogP contribution is -1.88. The van der Waals surface area contributed by atoms with Crippen molar-refractivity contribution in [2.24, 2.45) is 0 Å². The van der Waals surface area contributed by atoms with Crippen LogP contribution in [0.3, 0.4) is 0 Å². The summed E-state index contributed by atoms with van der Waals surface area (Å²) >= 11 is 17.4. The van der Waals surface area contributed by atoms with E-state index in [1.165, 1.54) is 102 Å². The monoisotopic (exact) mass is 410 g/mol. The van der Waals surface area contributed by atoms with Crippen LogP contribution in [0.4, 0.5) is 0 Å². The van der Waals surface area contributed by atoms with Gasteiger partial charge in [-0.3, -0.25) is 0 Å². The third-order valence-electron chi connectivity index (χ3n) is 3.89. The fourth-order valence-corrected chi connectivity index (χ4v) is 5.66. The first-order chi connectivity index (χ1) is 11.2. The number of hydrogen-bond donors (Lipinski definition) is 1. The fourth-order valence-electron chi connectivity index (χ4n) is 2.55. The molecular weight excluding hydrogens is 377 g/mol. The molecule has 0 aromatic carbocycles. The quantitative estimate of drug-likeness (QED) is 0.163. The van der Waals surface area contributed by atoms with Crippen molar-refractivity contribution >= 4 is 67.6 Å². The van der Waals surface area contributed by atoms with Crippen molar-refractivity contribution in [1.29, 1.82) is 0 Å². The fraction of sp³-hybridized carbons (Fsp3) is 0.889. The van der Waals surface area contributed by atoms with Crippen molar-refractivity contribution in [3.63, 3.8) is 0 Å². The summed E-state index contributed by atoms with van der Waals surface area (Å²) in [4.78, 5) is 0. The number of unbranched alkanes of at least 4 members (excludes halogenated alkanes) is 13. The van der Waals surface area contributed by atoms with Crippen molar-refractivity contribution in [2.45, 2.75) is 96.8 Å². The van der Waals surface area contributed by atoms with E-state index in [1.54, 1.807) is 11.8 Å². The summed E-state index contributed by atoms with van der Waals surface area (Å²) in [6, 6.07) is 0. The summed E-state index contributed by atoms with van der Waals surface area (Å²) in [5.41, 5.74) is 0. The Morgan fingerprint density at radius 1 is 0.696 bits per heavy atom. The van der Waals surface area contributed by atoms with Crippen LogP contribution in [-0.2, 0) is 0 Å². The van der Waals surface area contributed by atoms with Gasteiger partial charge in [-0.1, -0.05) is 127 Å². The van der Waals surface area contributed by atoms with Crippen LogP contribution in [-0.4, -0.2) is 12.8 Å². The molecule has 0 aromatic heterocycles. The first-order valence-electron chi connectivity index (χ1n) is 9.24. The van der Waals surface area contributed by atoms with Gasteiger partial charge in [-0.05, 0) is 12.2 Å². The van der Waals surface area contributed by atoms with Gasteiger partial charge in [0, 0.05) is 0 Å². The van der Waals surface area contributed by atoms with Crippen LogP contribution in [0.15, 0.2) is 0 Å². The molecule has 0 atom stereocenters. The molecule has 0 aromatic rings. The molecule has 0 aliphatic rings. The highest BCUT2D eigenvalue weighted by molar-refractivity contribution is 8.60. The van der Waals surface area contributed by atoms with Crippen LogP contribution < -0.4 is 0 Å². The second-order valence-electron chi connectivity index (χ2n) is 6.06. The molecule has 136 valence electrons. The highest BCUT2D eigenvalue weighted by Crippen LogP contribution is 2.22. The van der Waals surface area contributed by atoms with E-state index in [2.05, 4.69) is 19.6 Å². The average molecular weight is 411 g/mol. The first kappa shape index (κ1) is 24.2. The van der Waals surface area contributed by atoms with E-state index >= 15 is 0 Å². The van der Waals surface area contributed by atoms with Gasteiger partial charge in [0.1, 0.15) is 7.06 Å². The van der Waals surface area contributed by atoms with E-state index in [0.29, 0.717) is 3.53 Å². The summed E-state index contributed by atoms with van der Waals surface area (Å²) in [6.07, 6.45) is 19.7. The third kappa shape index (κ3) is 21.2. The van der Waals surface area contributed by atoms with Gasteiger partial charge < -0.3 is 0 Å². The van der Waals surface area contributed by atoms with Crippen molar-refractivity contribution < 1.29 is 0 Å². The highest BCUT2D eigenvalue weighted by Gasteiger charge is 2.00. The van der Waals surface area contributed by atoms with E-state index in [-0.39, 0.29) is 0 Å². The second kappa shape index (κ2) is 19.6. The van der Waals surface area contributed by atoms with Crippen LogP contribution in [0.5, 0.6) is 0 Å². The van der Waals surface area contributed by atoms with Gasteiger partial charge in [0.05, 0.1) is 0 Å². The predicted molar refractivity (Wildman–Crippen MR) is 125 cm³/mol. The van der Waals surface area contributed by atoms with Crippen molar-refractivity contribution in [3.05, 3.63) is 0 Å². The Morgan fingerprint density at radius 2 is 1.09 bits per heavy atom. The zero-order chi connectivity index (χ0) is 17.2. The van der Waals surface area contributed by atoms with Crippen LogP contribution in [0.1, 0.15) is 96.8 Å². The maximum Gasteiger partial charge on any atom is 0.110 e. The number of thiol groups is 1. The molecule has 0 aliphatic carbocycles. The summed E-state index contributed by atoms with van der Waals surface area (Å²) < 4.78 is 1.54. The van der Waals surface area contributed by atoms with E-state index in [0.717, 1.165) is 9.28 Å². The average Bonchev–Trinajstić information content (AvgIpc) is 2.50. The van der Waals surface area contributed by atoms with Gasteiger partial charge in [-0.15, -0.1) is 24.4 Å². The van der Waals surface area contributed by atoms with Crippen LogP contribution in [0.25, 0.3) is 0 Å². The Kier molecular flexibility index (Phi) is 20.6. The Bertz CT molecular complexity index is 291. The van der Waals surface area contributed by atoms with E-state index in [9.17, 15) is 0 Å². The largest absolute Gasteiger partial charge is 0.125 e. The number of rotatable bonds is 15. The lowest BCUT2D eigenvalue weighted by molar-refractivity contribution is 0.538. The summed E-state index contributed by atoms with van der Waals surface area (Å²) in [5.74, 6) is 1.13. The maximum atomic E-state index is 5.22. The molecule has 0 nitrogen and oxygen atoms in total. The Balaban J connectivity index is 3.08. The Morgan fingerprint density at radius 3 is 1.48 bits per heavy atom. The molecule has 0 spiro atoms. The standard InChI is InChI=1S/C18H34S5/c1-2-3-4-5-6-7-8-9-10-11-12-13-14-15-16-22-18(21)23-17(19)20/h2-16H2,1H3,(H,19,20). The summed E-state index contributed by atoms with van der Waals surface area (Å²) in [6.45, 7) is 2.28. The minimum absolute atomic E-state index is 0.628. The molecule has 0 fully saturated rings. The van der Waals surface area contributed by atoms with Crippen LogP contribution in [0.2, 0.25) is 0 Å². The molecule has 0 bridgehead atoms. The molecule has 0 saturated heterocycles. The van der Waals surface area contributed by atoms with E-state index < -0.39 is 0 Å². The molecule has 0 radical (unpaired) electrons.